The van der Waals surface area contributed by atoms with Gasteiger partial charge in [0.1, 0.15) is 11.4 Å². The van der Waals surface area contributed by atoms with Crippen molar-refractivity contribution >= 4 is 29.3 Å². The molecule has 0 aliphatic carbocycles. The van der Waals surface area contributed by atoms with Gasteiger partial charge in [-0.1, -0.05) is 41.5 Å². The van der Waals surface area contributed by atoms with Gasteiger partial charge in [0.15, 0.2) is 5.11 Å². The van der Waals surface area contributed by atoms with E-state index in [2.05, 4.69) is 46.9 Å². The van der Waals surface area contributed by atoms with Crippen LogP contribution in [-0.4, -0.2) is 27.6 Å². The quantitative estimate of drug-likeness (QED) is 0.617. The van der Waals surface area contributed by atoms with Crippen LogP contribution < -0.4 is 5.32 Å². The Labute approximate surface area is 155 Å². The number of aromatic hydroxyl groups is 1. The average Bonchev–Trinajstić information content (AvgIpc) is 2.72. The molecule has 0 bridgehead atoms. The first-order valence-electron chi connectivity index (χ1n) is 8.58. The summed E-state index contributed by atoms with van der Waals surface area (Å²) in [7, 11) is 0. The summed E-state index contributed by atoms with van der Waals surface area (Å²) in [6.07, 6.45) is 1.81. The van der Waals surface area contributed by atoms with Gasteiger partial charge in [-0.2, -0.15) is 0 Å². The highest BCUT2D eigenvalue weighted by atomic mass is 32.1. The normalized spacial score (nSPS) is 17.4. The highest BCUT2D eigenvalue weighted by molar-refractivity contribution is 7.80. The van der Waals surface area contributed by atoms with E-state index in [0.717, 1.165) is 16.7 Å². The maximum absolute atomic E-state index is 12.4. The minimum atomic E-state index is -0.212. The number of phenols is 1. The molecule has 0 atom stereocenters. The fraction of sp³-hybridized carbons (Fsp3) is 0.500. The molecule has 0 radical (unpaired) electrons. The molecule has 1 heterocycles. The Bertz CT molecular complexity index is 717. The van der Waals surface area contributed by atoms with E-state index < -0.39 is 0 Å². The number of amides is 1. The number of carbonyl (C=O) groups excluding carboxylic acids is 1. The van der Waals surface area contributed by atoms with Crippen molar-refractivity contribution in [3.05, 3.63) is 34.5 Å². The maximum atomic E-state index is 12.4. The van der Waals surface area contributed by atoms with Crippen LogP contribution in [0.25, 0.3) is 6.08 Å². The second kappa shape index (κ2) is 6.45. The number of likely N-dealkylation sites (N-methyl/N-ethyl adjacent to an activating group) is 1. The van der Waals surface area contributed by atoms with Crippen LogP contribution in [0.4, 0.5) is 0 Å². The average molecular weight is 361 g/mol. The highest BCUT2D eigenvalue weighted by Gasteiger charge is 2.30. The van der Waals surface area contributed by atoms with Gasteiger partial charge in [-0.05, 0) is 53.7 Å². The molecule has 5 heteroatoms. The Morgan fingerprint density at radius 1 is 1.12 bits per heavy atom. The standard InChI is InChI=1S/C20H28N2O2S/c1-8-22-17(24)15(21-18(22)25)11-12-9-13(19(2,3)4)16(23)14(10-12)20(5,6)7/h9-11,23H,8H2,1-7H3,(H,21,25). The van der Waals surface area contributed by atoms with Gasteiger partial charge in [-0.25, -0.2) is 0 Å². The minimum Gasteiger partial charge on any atom is -0.507 e. The van der Waals surface area contributed by atoms with Crippen LogP contribution in [0.1, 0.15) is 65.2 Å². The third-order valence-electron chi connectivity index (χ3n) is 4.34. The molecule has 0 saturated carbocycles. The van der Waals surface area contributed by atoms with Gasteiger partial charge in [0.2, 0.25) is 0 Å². The largest absolute Gasteiger partial charge is 0.507 e. The Kier molecular flexibility index (Phi) is 5.01. The molecule has 1 amide bonds. The second-order valence-corrected chi connectivity index (χ2v) is 8.89. The first-order valence-corrected chi connectivity index (χ1v) is 8.99. The van der Waals surface area contributed by atoms with E-state index in [9.17, 15) is 9.90 Å². The van der Waals surface area contributed by atoms with Crippen LogP contribution in [0.15, 0.2) is 17.8 Å². The third kappa shape index (κ3) is 3.87. The summed E-state index contributed by atoms with van der Waals surface area (Å²) in [6, 6.07) is 3.90. The predicted molar refractivity (Wildman–Crippen MR) is 107 cm³/mol. The lowest BCUT2D eigenvalue weighted by Crippen LogP contribution is -2.30. The van der Waals surface area contributed by atoms with Crippen LogP contribution in [0.2, 0.25) is 0 Å². The van der Waals surface area contributed by atoms with Crippen molar-refractivity contribution in [2.45, 2.75) is 59.3 Å². The lowest BCUT2D eigenvalue weighted by Gasteiger charge is -2.28. The van der Waals surface area contributed by atoms with Gasteiger partial charge >= 0.3 is 0 Å². The summed E-state index contributed by atoms with van der Waals surface area (Å²) in [5, 5.41) is 14.2. The van der Waals surface area contributed by atoms with Gasteiger partial charge in [0.05, 0.1) is 0 Å². The topological polar surface area (TPSA) is 52.6 Å². The molecule has 1 saturated heterocycles. The van der Waals surface area contributed by atoms with Crippen molar-refractivity contribution in [1.29, 1.82) is 0 Å². The Hall–Kier alpha value is -1.88. The number of rotatable bonds is 2. The molecule has 2 rings (SSSR count). The monoisotopic (exact) mass is 360 g/mol. The molecule has 25 heavy (non-hydrogen) atoms. The number of phenolic OH excluding ortho intramolecular Hbond substituents is 1. The van der Waals surface area contributed by atoms with Crippen molar-refractivity contribution in [1.82, 2.24) is 10.2 Å². The molecule has 4 nitrogen and oxygen atoms in total. The molecule has 1 aliphatic heterocycles. The fourth-order valence-electron chi connectivity index (χ4n) is 2.91. The SMILES string of the molecule is CCN1C(=O)C(=Cc2cc(C(C)(C)C)c(O)c(C(C)(C)C)c2)NC1=S. The summed E-state index contributed by atoms with van der Waals surface area (Å²) in [5.74, 6) is 0.216. The van der Waals surface area contributed by atoms with E-state index in [4.69, 9.17) is 12.2 Å². The summed E-state index contributed by atoms with van der Waals surface area (Å²) in [5.41, 5.74) is 2.66. The van der Waals surface area contributed by atoms with Gasteiger partial charge < -0.3 is 10.4 Å². The zero-order valence-corrected chi connectivity index (χ0v) is 17.0. The summed E-state index contributed by atoms with van der Waals surface area (Å²) in [4.78, 5) is 14.0. The van der Waals surface area contributed by atoms with E-state index >= 15 is 0 Å². The summed E-state index contributed by atoms with van der Waals surface area (Å²) >= 11 is 5.21. The smallest absolute Gasteiger partial charge is 0.276 e. The minimum absolute atomic E-state index is 0.116. The number of thiocarbonyl (C=S) groups is 1. The number of hydrogen-bond donors (Lipinski definition) is 2. The third-order valence-corrected chi connectivity index (χ3v) is 4.66. The number of nitrogens with zero attached hydrogens (tertiary/aromatic N) is 1. The number of hydrogen-bond acceptors (Lipinski definition) is 3. The van der Waals surface area contributed by atoms with E-state index in [-0.39, 0.29) is 16.7 Å². The number of carbonyl (C=O) groups is 1. The molecule has 0 spiro atoms. The van der Waals surface area contributed by atoms with Crippen molar-refractivity contribution in [2.75, 3.05) is 6.54 Å². The van der Waals surface area contributed by atoms with E-state index in [1.807, 2.05) is 25.1 Å². The zero-order chi connectivity index (χ0) is 19.2. The molecule has 0 unspecified atom stereocenters. The van der Waals surface area contributed by atoms with Crippen molar-refractivity contribution < 1.29 is 9.90 Å². The Morgan fingerprint density at radius 2 is 1.60 bits per heavy atom. The van der Waals surface area contributed by atoms with Crippen molar-refractivity contribution in [3.8, 4) is 5.75 Å². The maximum Gasteiger partial charge on any atom is 0.276 e. The number of nitrogens with one attached hydrogen (secondary N) is 1. The molecule has 136 valence electrons. The van der Waals surface area contributed by atoms with E-state index in [1.165, 1.54) is 4.90 Å². The lowest BCUT2D eigenvalue weighted by molar-refractivity contribution is -0.122. The molecule has 0 aromatic heterocycles. The molecule has 1 aromatic carbocycles. The zero-order valence-electron chi connectivity index (χ0n) is 16.2. The molecular formula is C20H28N2O2S. The van der Waals surface area contributed by atoms with Crippen LogP contribution >= 0.6 is 12.2 Å². The summed E-state index contributed by atoms with van der Waals surface area (Å²) in [6.45, 7) is 14.8. The van der Waals surface area contributed by atoms with Crippen LogP contribution in [-0.2, 0) is 15.6 Å². The molecular weight excluding hydrogens is 332 g/mol. The van der Waals surface area contributed by atoms with Gasteiger partial charge in [-0.3, -0.25) is 9.69 Å². The Morgan fingerprint density at radius 3 is 1.96 bits per heavy atom. The van der Waals surface area contributed by atoms with Crippen molar-refractivity contribution in [3.63, 3.8) is 0 Å². The molecule has 2 N–H and O–H groups in total. The van der Waals surface area contributed by atoms with Crippen LogP contribution in [0.3, 0.4) is 0 Å². The van der Waals surface area contributed by atoms with E-state index in [0.29, 0.717) is 23.1 Å². The fourth-order valence-corrected chi connectivity index (χ4v) is 3.23. The van der Waals surface area contributed by atoms with Gasteiger partial charge in [0.25, 0.3) is 5.91 Å². The molecule has 1 aromatic rings. The lowest BCUT2D eigenvalue weighted by atomic mass is 9.78. The molecule has 1 aliphatic rings. The van der Waals surface area contributed by atoms with Crippen LogP contribution in [0, 0.1) is 0 Å². The molecule has 1 fully saturated rings. The Balaban J connectivity index is 2.62. The van der Waals surface area contributed by atoms with Gasteiger partial charge in [0, 0.05) is 17.7 Å². The predicted octanol–water partition coefficient (Wildman–Crippen LogP) is 4.06. The van der Waals surface area contributed by atoms with E-state index in [1.54, 1.807) is 0 Å². The van der Waals surface area contributed by atoms with Crippen molar-refractivity contribution in [2.24, 2.45) is 0 Å². The first-order chi connectivity index (χ1) is 11.4. The number of benzene rings is 1. The first kappa shape index (κ1) is 19.4. The highest BCUT2D eigenvalue weighted by Crippen LogP contribution is 2.40. The summed E-state index contributed by atoms with van der Waals surface area (Å²) < 4.78 is 0. The van der Waals surface area contributed by atoms with Crippen LogP contribution in [0.5, 0.6) is 5.75 Å². The van der Waals surface area contributed by atoms with Gasteiger partial charge in [-0.15, -0.1) is 0 Å². The second-order valence-electron chi connectivity index (χ2n) is 8.50.